The molecule has 4 saturated carbocycles. The van der Waals surface area contributed by atoms with Gasteiger partial charge in [0.25, 0.3) is 0 Å². The van der Waals surface area contributed by atoms with Gasteiger partial charge in [-0.3, -0.25) is 0 Å². The van der Waals surface area contributed by atoms with E-state index < -0.39 is 0 Å². The second-order valence-electron chi connectivity index (χ2n) is 19.3. The zero-order valence-corrected chi connectivity index (χ0v) is 27.1. The van der Waals surface area contributed by atoms with E-state index in [1.807, 2.05) is 0 Å². The largest absolute Gasteiger partial charge is 0.0602 e. The highest BCUT2D eigenvalue weighted by molar-refractivity contribution is 5.05. The highest BCUT2D eigenvalue weighted by Crippen LogP contribution is 2.64. The number of hydrogen-bond acceptors (Lipinski definition) is 0. The molecule has 2 bridgehead atoms. The lowest BCUT2D eigenvalue weighted by Crippen LogP contribution is -2.27. The van der Waals surface area contributed by atoms with Crippen LogP contribution in [-0.4, -0.2) is 0 Å². The third kappa shape index (κ3) is 9.63. The van der Waals surface area contributed by atoms with Gasteiger partial charge in [0, 0.05) is 0 Å². The number of fused-ring (bicyclic) bond motifs is 5. The topological polar surface area (TPSA) is 0 Å². The van der Waals surface area contributed by atoms with Crippen molar-refractivity contribution < 1.29 is 0 Å². The van der Waals surface area contributed by atoms with E-state index >= 15 is 0 Å². The second-order valence-corrected chi connectivity index (χ2v) is 19.3. The molecule has 0 aromatic heterocycles. The predicted molar refractivity (Wildman–Crippen MR) is 161 cm³/mol. The summed E-state index contributed by atoms with van der Waals surface area (Å²) in [5.41, 5.74) is 2.13. The van der Waals surface area contributed by atoms with Crippen LogP contribution in [-0.2, 0) is 0 Å². The summed E-state index contributed by atoms with van der Waals surface area (Å²) in [4.78, 5) is 0. The molecule has 6 atom stereocenters. The molecule has 4 aliphatic carbocycles. The molecule has 0 N–H and O–H groups in total. The van der Waals surface area contributed by atoms with Crippen molar-refractivity contribution in [2.75, 3.05) is 0 Å². The fourth-order valence-corrected chi connectivity index (χ4v) is 9.75. The first-order valence-corrected chi connectivity index (χ1v) is 16.3. The van der Waals surface area contributed by atoms with Gasteiger partial charge in [0.15, 0.2) is 0 Å². The Kier molecular flexibility index (Phi) is 9.53. The molecule has 6 unspecified atom stereocenters. The van der Waals surface area contributed by atoms with Crippen molar-refractivity contribution >= 4 is 0 Å². The summed E-state index contributed by atoms with van der Waals surface area (Å²) in [6.07, 6.45) is 18.0. The molecule has 0 aromatic rings. The molecule has 0 saturated heterocycles. The van der Waals surface area contributed by atoms with Gasteiger partial charge in [0.2, 0.25) is 0 Å². The fraction of sp³-hybridized carbons (Fsp3) is 1.00. The van der Waals surface area contributed by atoms with Gasteiger partial charge in [0.05, 0.1) is 0 Å². The molecule has 4 rings (SSSR count). The lowest BCUT2D eigenvalue weighted by molar-refractivity contribution is 0.145. The minimum Gasteiger partial charge on any atom is -0.0602 e. The molecule has 0 spiro atoms. The third-order valence-corrected chi connectivity index (χ3v) is 10.2. The van der Waals surface area contributed by atoms with Crippen LogP contribution in [0.3, 0.4) is 0 Å². The molecule has 212 valence electrons. The van der Waals surface area contributed by atoms with Crippen LogP contribution in [0, 0.1) is 69.0 Å². The summed E-state index contributed by atoms with van der Waals surface area (Å²) < 4.78 is 0. The Balaban J connectivity index is 0.000000207. The molecule has 0 aliphatic heterocycles. The van der Waals surface area contributed by atoms with Gasteiger partial charge >= 0.3 is 0 Å². The maximum Gasteiger partial charge on any atom is -0.0349 e. The molecule has 0 heterocycles. The van der Waals surface area contributed by atoms with Crippen LogP contribution in [0.4, 0.5) is 0 Å². The summed E-state index contributed by atoms with van der Waals surface area (Å²) in [6.45, 7) is 28.9. The summed E-state index contributed by atoms with van der Waals surface area (Å²) in [5.74, 6) is 8.60. The Morgan fingerprint density at radius 2 is 0.778 bits per heavy atom. The smallest absolute Gasteiger partial charge is 0.0349 e. The van der Waals surface area contributed by atoms with Crippen molar-refractivity contribution in [3.05, 3.63) is 0 Å². The fourth-order valence-electron chi connectivity index (χ4n) is 9.75. The summed E-state index contributed by atoms with van der Waals surface area (Å²) >= 11 is 0. The van der Waals surface area contributed by atoms with E-state index in [2.05, 4.69) is 83.1 Å². The molecule has 36 heavy (non-hydrogen) atoms. The van der Waals surface area contributed by atoms with Crippen LogP contribution in [0.25, 0.3) is 0 Å². The first-order chi connectivity index (χ1) is 16.3. The highest BCUT2D eigenvalue weighted by atomic mass is 14.6. The van der Waals surface area contributed by atoms with Crippen LogP contribution in [0.2, 0.25) is 0 Å². The van der Waals surface area contributed by atoms with Crippen molar-refractivity contribution in [1.82, 2.24) is 0 Å². The first kappa shape index (κ1) is 30.5. The van der Waals surface area contributed by atoms with Crippen molar-refractivity contribution in [3.8, 4) is 0 Å². The lowest BCUT2D eigenvalue weighted by Gasteiger charge is -2.35. The van der Waals surface area contributed by atoms with Crippen LogP contribution in [0.15, 0.2) is 0 Å². The minimum atomic E-state index is 0.529. The van der Waals surface area contributed by atoms with Gasteiger partial charge in [-0.15, -0.1) is 0 Å². The third-order valence-electron chi connectivity index (χ3n) is 10.2. The maximum absolute atomic E-state index is 2.44. The normalized spacial score (nSPS) is 37.0. The van der Waals surface area contributed by atoms with Crippen LogP contribution < -0.4 is 0 Å². The van der Waals surface area contributed by atoms with E-state index in [0.717, 1.165) is 47.3 Å². The maximum atomic E-state index is 2.44. The Labute approximate surface area is 228 Å². The molecule has 0 amide bonds. The minimum absolute atomic E-state index is 0.529. The SMILES string of the molecule is CC(C)(C)CC1CC2C3CC(CC(C)(C)C)C(C3)C2C1.CC(C)(C)CC1CCC(CC(C)(C)C)CC1. The van der Waals surface area contributed by atoms with Crippen LogP contribution >= 0.6 is 0 Å². The summed E-state index contributed by atoms with van der Waals surface area (Å²) in [6, 6.07) is 0. The summed E-state index contributed by atoms with van der Waals surface area (Å²) in [7, 11) is 0. The average molecular weight is 501 g/mol. The van der Waals surface area contributed by atoms with Crippen LogP contribution in [0.1, 0.15) is 160 Å². The zero-order valence-electron chi connectivity index (χ0n) is 27.1. The van der Waals surface area contributed by atoms with Gasteiger partial charge in [-0.05, 0) is 120 Å². The van der Waals surface area contributed by atoms with Gasteiger partial charge in [-0.25, -0.2) is 0 Å². The van der Waals surface area contributed by atoms with Crippen molar-refractivity contribution in [2.24, 2.45) is 69.0 Å². The lowest BCUT2D eigenvalue weighted by atomic mass is 9.70. The van der Waals surface area contributed by atoms with E-state index in [1.54, 1.807) is 25.7 Å². The van der Waals surface area contributed by atoms with Gasteiger partial charge in [-0.1, -0.05) is 109 Å². The van der Waals surface area contributed by atoms with Gasteiger partial charge in [-0.2, -0.15) is 0 Å². The highest BCUT2D eigenvalue weighted by Gasteiger charge is 2.56. The van der Waals surface area contributed by atoms with Gasteiger partial charge in [0.1, 0.15) is 0 Å². The zero-order chi connectivity index (χ0) is 27.1. The number of rotatable bonds is 4. The molecule has 0 radical (unpaired) electrons. The van der Waals surface area contributed by atoms with E-state index in [1.165, 1.54) is 51.4 Å². The molecule has 0 heteroatoms. The first-order valence-electron chi connectivity index (χ1n) is 16.3. The molecular formula is C36H68. The molecular weight excluding hydrogens is 432 g/mol. The standard InChI is InChI=1S/C20H36.C16H32/c1-19(2,3)11-13-7-16-14-9-15(12-20(4,5)6)17(10-14)18(16)8-13;1-15(2,3)11-13-7-9-14(10-8-13)12-16(4,5)6/h13-18H,7-12H2,1-6H3;13-14H,7-12H2,1-6H3. The average Bonchev–Trinajstić information content (AvgIpc) is 3.30. The Morgan fingerprint density at radius 1 is 0.389 bits per heavy atom. The van der Waals surface area contributed by atoms with E-state index in [4.69, 9.17) is 0 Å². The van der Waals surface area contributed by atoms with Crippen LogP contribution in [0.5, 0.6) is 0 Å². The quantitative estimate of drug-likeness (QED) is 0.360. The van der Waals surface area contributed by atoms with Gasteiger partial charge < -0.3 is 0 Å². The monoisotopic (exact) mass is 501 g/mol. The summed E-state index contributed by atoms with van der Waals surface area (Å²) in [5, 5.41) is 0. The molecule has 0 nitrogen and oxygen atoms in total. The van der Waals surface area contributed by atoms with E-state index in [-0.39, 0.29) is 0 Å². The predicted octanol–water partition coefficient (Wildman–Crippen LogP) is 11.8. The molecule has 0 aromatic carbocycles. The molecule has 4 aliphatic rings. The Hall–Kier alpha value is 0. The van der Waals surface area contributed by atoms with Crippen molar-refractivity contribution in [2.45, 2.75) is 160 Å². The molecule has 4 fully saturated rings. The van der Waals surface area contributed by atoms with E-state index in [9.17, 15) is 0 Å². The van der Waals surface area contributed by atoms with E-state index in [0.29, 0.717) is 21.7 Å². The van der Waals surface area contributed by atoms with Crippen molar-refractivity contribution in [3.63, 3.8) is 0 Å². The Bertz CT molecular complexity index is 639. The van der Waals surface area contributed by atoms with Crippen molar-refractivity contribution in [1.29, 1.82) is 0 Å². The Morgan fingerprint density at radius 3 is 1.19 bits per heavy atom. The number of hydrogen-bond donors (Lipinski definition) is 0. The second kappa shape index (κ2) is 11.2.